The lowest BCUT2D eigenvalue weighted by Gasteiger charge is -2.34. The van der Waals surface area contributed by atoms with Crippen molar-refractivity contribution >= 4 is 50.9 Å². The molecule has 0 heterocycles. The lowest BCUT2D eigenvalue weighted by Crippen LogP contribution is -2.53. The molecule has 11 heteroatoms. The van der Waals surface area contributed by atoms with Crippen molar-refractivity contribution in [3.63, 3.8) is 0 Å². The van der Waals surface area contributed by atoms with E-state index in [1.165, 1.54) is 28.8 Å². The number of benzene rings is 3. The van der Waals surface area contributed by atoms with E-state index < -0.39 is 28.5 Å². The zero-order chi connectivity index (χ0) is 31.6. The largest absolute Gasteiger partial charge is 0.492 e. The predicted octanol–water partition coefficient (Wildman–Crippen LogP) is 6.38. The highest BCUT2D eigenvalue weighted by Crippen LogP contribution is 2.33. The van der Waals surface area contributed by atoms with Gasteiger partial charge in [0.15, 0.2) is 0 Å². The molecule has 0 aliphatic carbocycles. The lowest BCUT2D eigenvalue weighted by atomic mass is 10.1. The Hall–Kier alpha value is -3.21. The maximum Gasteiger partial charge on any atom is 0.264 e. The van der Waals surface area contributed by atoms with Crippen molar-refractivity contribution in [3.05, 3.63) is 83.4 Å². The zero-order valence-corrected chi connectivity index (χ0v) is 27.6. The molecule has 43 heavy (non-hydrogen) atoms. The molecule has 3 aromatic rings. The van der Waals surface area contributed by atoms with Gasteiger partial charge < -0.3 is 15.0 Å². The van der Waals surface area contributed by atoms with Crippen LogP contribution in [0, 0.1) is 0 Å². The molecule has 0 aliphatic heterocycles. The molecule has 8 nitrogen and oxygen atoms in total. The number of halogens is 1. The van der Waals surface area contributed by atoms with Crippen LogP contribution < -0.4 is 14.4 Å². The first-order valence-electron chi connectivity index (χ1n) is 14.3. The molecule has 0 unspecified atom stereocenters. The third-order valence-corrected chi connectivity index (χ3v) is 9.93. The van der Waals surface area contributed by atoms with Crippen LogP contribution in [0.5, 0.6) is 5.75 Å². The number of hydrogen-bond donors (Lipinski definition) is 1. The van der Waals surface area contributed by atoms with Gasteiger partial charge in [-0.1, -0.05) is 55.8 Å². The van der Waals surface area contributed by atoms with E-state index in [9.17, 15) is 18.0 Å². The number of carbonyl (C=O) groups excluding carboxylic acids is 2. The summed E-state index contributed by atoms with van der Waals surface area (Å²) in [4.78, 5) is 30.1. The number of rotatable bonds is 15. The monoisotopic (exact) mass is 645 g/mol. The number of thioether (sulfide) groups is 1. The highest BCUT2D eigenvalue weighted by Gasteiger charge is 2.35. The molecular weight excluding hydrogens is 606 g/mol. The number of ether oxygens (including phenoxy) is 1. The number of nitrogens with zero attached hydrogens (tertiary/aromatic N) is 2. The predicted molar refractivity (Wildman–Crippen MR) is 174 cm³/mol. The van der Waals surface area contributed by atoms with Gasteiger partial charge in [-0.05, 0) is 81.0 Å². The van der Waals surface area contributed by atoms with E-state index in [1.807, 2.05) is 27.0 Å². The second-order valence-corrected chi connectivity index (χ2v) is 13.1. The Labute approximate surface area is 264 Å². The van der Waals surface area contributed by atoms with Crippen LogP contribution in [-0.2, 0) is 26.2 Å². The Morgan fingerprint density at radius 2 is 1.60 bits per heavy atom. The van der Waals surface area contributed by atoms with E-state index in [-0.39, 0.29) is 29.1 Å². The number of carbonyl (C=O) groups is 2. The number of nitrogens with one attached hydrogen (secondary N) is 1. The maximum absolute atomic E-state index is 14.3. The topological polar surface area (TPSA) is 96.0 Å². The van der Waals surface area contributed by atoms with E-state index in [2.05, 4.69) is 5.32 Å². The van der Waals surface area contributed by atoms with Crippen LogP contribution in [0.2, 0.25) is 5.02 Å². The summed E-state index contributed by atoms with van der Waals surface area (Å²) in [6.07, 6.45) is 2.94. The van der Waals surface area contributed by atoms with Gasteiger partial charge in [0.1, 0.15) is 18.3 Å². The van der Waals surface area contributed by atoms with Crippen molar-refractivity contribution in [2.75, 3.05) is 23.7 Å². The SMILES string of the molecule is CCOc1ccccc1N(CC(=O)N(Cc1ccccc1Cl)[C@H](CC)C(=O)N[C@H](C)CC)S(=O)(=O)c1ccc(SC)cc1. The van der Waals surface area contributed by atoms with E-state index in [1.54, 1.807) is 67.6 Å². The highest BCUT2D eigenvalue weighted by molar-refractivity contribution is 7.98. The third-order valence-electron chi connectivity index (χ3n) is 7.05. The summed E-state index contributed by atoms with van der Waals surface area (Å²) in [5.41, 5.74) is 0.866. The van der Waals surface area contributed by atoms with Crippen LogP contribution in [-0.4, -0.2) is 56.6 Å². The minimum atomic E-state index is -4.24. The van der Waals surface area contributed by atoms with Crippen LogP contribution in [0.15, 0.2) is 82.6 Å². The van der Waals surface area contributed by atoms with Crippen molar-refractivity contribution < 1.29 is 22.7 Å². The Bertz CT molecular complexity index is 1480. The molecule has 232 valence electrons. The number of hydrogen-bond acceptors (Lipinski definition) is 6. The Kier molecular flexibility index (Phi) is 12.8. The lowest BCUT2D eigenvalue weighted by molar-refractivity contribution is -0.140. The molecule has 1 N–H and O–H groups in total. The molecule has 3 aromatic carbocycles. The molecule has 0 fully saturated rings. The van der Waals surface area contributed by atoms with Gasteiger partial charge in [0.05, 0.1) is 17.2 Å². The van der Waals surface area contributed by atoms with Gasteiger partial charge in [0.2, 0.25) is 11.8 Å². The second-order valence-electron chi connectivity index (χ2n) is 9.94. The van der Waals surface area contributed by atoms with Crippen LogP contribution in [0.3, 0.4) is 0 Å². The standard InChI is InChI=1S/C32H40ClN3O5S2/c1-6-23(4)34-32(38)28(7-2)35(21-24-13-9-10-14-27(24)33)31(37)22-36(29-15-11-12-16-30(29)41-8-3)43(39,40)26-19-17-25(42-5)18-20-26/h9-20,23,28H,6-8,21-22H2,1-5H3,(H,34,38)/t23-,28-/m1/s1. The van der Waals surface area contributed by atoms with E-state index in [0.29, 0.717) is 29.4 Å². The van der Waals surface area contributed by atoms with Gasteiger partial charge in [-0.2, -0.15) is 0 Å². The summed E-state index contributed by atoms with van der Waals surface area (Å²) in [6, 6.07) is 19.3. The van der Waals surface area contributed by atoms with Crippen molar-refractivity contribution in [1.82, 2.24) is 10.2 Å². The summed E-state index contributed by atoms with van der Waals surface area (Å²) < 4.78 is 35.3. The van der Waals surface area contributed by atoms with E-state index >= 15 is 0 Å². The average molecular weight is 646 g/mol. The normalized spacial score (nSPS) is 12.7. The highest BCUT2D eigenvalue weighted by atomic mass is 35.5. The Balaban J connectivity index is 2.12. The van der Waals surface area contributed by atoms with Crippen molar-refractivity contribution in [2.24, 2.45) is 0 Å². The Morgan fingerprint density at radius 1 is 0.953 bits per heavy atom. The fourth-order valence-electron chi connectivity index (χ4n) is 4.50. The summed E-state index contributed by atoms with van der Waals surface area (Å²) in [5.74, 6) is -0.544. The molecule has 0 radical (unpaired) electrons. The van der Waals surface area contributed by atoms with E-state index in [4.69, 9.17) is 16.3 Å². The van der Waals surface area contributed by atoms with Crippen LogP contribution in [0.4, 0.5) is 5.69 Å². The summed E-state index contributed by atoms with van der Waals surface area (Å²) >= 11 is 7.97. The second kappa shape index (κ2) is 16.0. The van der Waals surface area contributed by atoms with Crippen molar-refractivity contribution in [2.45, 2.75) is 69.0 Å². The van der Waals surface area contributed by atoms with Crippen molar-refractivity contribution in [1.29, 1.82) is 0 Å². The molecule has 3 rings (SSSR count). The van der Waals surface area contributed by atoms with Gasteiger partial charge in [0.25, 0.3) is 10.0 Å². The molecule has 0 saturated heterocycles. The van der Waals surface area contributed by atoms with Crippen LogP contribution in [0.1, 0.15) is 46.1 Å². The molecule has 0 spiro atoms. The minimum Gasteiger partial charge on any atom is -0.492 e. The molecule has 2 atom stereocenters. The van der Waals surface area contributed by atoms with Crippen LogP contribution in [0.25, 0.3) is 0 Å². The van der Waals surface area contributed by atoms with Crippen LogP contribution >= 0.6 is 23.4 Å². The smallest absolute Gasteiger partial charge is 0.264 e. The molecule has 0 aliphatic rings. The number of para-hydroxylation sites is 2. The van der Waals surface area contributed by atoms with Gasteiger partial charge in [-0.15, -0.1) is 11.8 Å². The zero-order valence-electron chi connectivity index (χ0n) is 25.2. The maximum atomic E-state index is 14.3. The molecular formula is C32H40ClN3O5S2. The van der Waals surface area contributed by atoms with E-state index in [0.717, 1.165) is 15.6 Å². The first kappa shape index (κ1) is 34.3. The van der Waals surface area contributed by atoms with Crippen molar-refractivity contribution in [3.8, 4) is 5.75 Å². The third kappa shape index (κ3) is 8.68. The fourth-order valence-corrected chi connectivity index (χ4v) is 6.53. The van der Waals surface area contributed by atoms with Gasteiger partial charge in [0, 0.05) is 22.5 Å². The molecule has 0 aromatic heterocycles. The minimum absolute atomic E-state index is 0.0222. The first-order valence-corrected chi connectivity index (χ1v) is 17.3. The number of amides is 2. The first-order chi connectivity index (χ1) is 20.6. The van der Waals surface area contributed by atoms with Gasteiger partial charge in [-0.3, -0.25) is 13.9 Å². The number of sulfonamides is 1. The average Bonchev–Trinajstić information content (AvgIpc) is 3.01. The summed E-state index contributed by atoms with van der Waals surface area (Å²) in [6.45, 7) is 7.24. The summed E-state index contributed by atoms with van der Waals surface area (Å²) in [5, 5.41) is 3.42. The van der Waals surface area contributed by atoms with Gasteiger partial charge >= 0.3 is 0 Å². The summed E-state index contributed by atoms with van der Waals surface area (Å²) in [7, 11) is -4.24. The number of anilines is 1. The quantitative estimate of drug-likeness (QED) is 0.193. The molecule has 0 bridgehead atoms. The fraction of sp³-hybridized carbons (Fsp3) is 0.375. The van der Waals surface area contributed by atoms with Gasteiger partial charge in [-0.25, -0.2) is 8.42 Å². The Morgan fingerprint density at radius 3 is 2.21 bits per heavy atom. The molecule has 0 saturated carbocycles. The molecule has 2 amide bonds.